The Morgan fingerprint density at radius 2 is 2.08 bits per heavy atom. The van der Waals surface area contributed by atoms with E-state index in [1.165, 1.54) is 0 Å². The lowest BCUT2D eigenvalue weighted by Crippen LogP contribution is -2.36. The van der Waals surface area contributed by atoms with E-state index in [9.17, 15) is 4.79 Å². The summed E-state index contributed by atoms with van der Waals surface area (Å²) in [5, 5.41) is 7.98. The standard InChI is InChI=1S/C18H16ClN3O2/c19-13-6-4-12(5-7-13)17-15(8-10-24-17)21-18(23)14-11-20-22-9-2-1-3-16(14)22/h1-7,9,11,15,17H,8,10H2,(H,21,23)/t15-,17+/m0/s1. The van der Waals surface area contributed by atoms with Crippen molar-refractivity contribution >= 4 is 23.0 Å². The summed E-state index contributed by atoms with van der Waals surface area (Å²) in [5.74, 6) is -0.134. The van der Waals surface area contributed by atoms with Crippen molar-refractivity contribution in [2.24, 2.45) is 0 Å². The molecule has 1 aromatic carbocycles. The van der Waals surface area contributed by atoms with E-state index in [4.69, 9.17) is 16.3 Å². The second kappa shape index (κ2) is 6.26. The van der Waals surface area contributed by atoms with Gasteiger partial charge in [-0.3, -0.25) is 4.79 Å². The van der Waals surface area contributed by atoms with Crippen LogP contribution in [0.15, 0.2) is 54.9 Å². The normalized spacial score (nSPS) is 20.4. The number of ether oxygens (including phenoxy) is 1. The van der Waals surface area contributed by atoms with Gasteiger partial charge in [0.25, 0.3) is 5.91 Å². The maximum Gasteiger partial charge on any atom is 0.255 e. The van der Waals surface area contributed by atoms with E-state index in [1.54, 1.807) is 10.7 Å². The van der Waals surface area contributed by atoms with Crippen LogP contribution in [0.1, 0.15) is 28.4 Å². The second-order valence-corrected chi connectivity index (χ2v) is 6.24. The molecular weight excluding hydrogens is 326 g/mol. The molecule has 2 aromatic heterocycles. The minimum atomic E-state index is -0.159. The van der Waals surface area contributed by atoms with Crippen molar-refractivity contribution in [2.45, 2.75) is 18.6 Å². The van der Waals surface area contributed by atoms with Gasteiger partial charge in [-0.05, 0) is 36.2 Å². The molecule has 0 bridgehead atoms. The first kappa shape index (κ1) is 15.2. The Kier molecular flexibility index (Phi) is 3.96. The second-order valence-electron chi connectivity index (χ2n) is 5.80. The number of halogens is 1. The molecule has 0 radical (unpaired) electrons. The van der Waals surface area contributed by atoms with Gasteiger partial charge in [-0.25, -0.2) is 4.52 Å². The molecule has 0 aliphatic carbocycles. The van der Waals surface area contributed by atoms with Gasteiger partial charge in [-0.1, -0.05) is 29.8 Å². The van der Waals surface area contributed by atoms with Crippen LogP contribution in [0.4, 0.5) is 0 Å². The zero-order valence-electron chi connectivity index (χ0n) is 12.9. The summed E-state index contributed by atoms with van der Waals surface area (Å²) in [4.78, 5) is 12.7. The number of amides is 1. The van der Waals surface area contributed by atoms with Crippen LogP contribution in [0.25, 0.3) is 5.52 Å². The van der Waals surface area contributed by atoms with Crippen LogP contribution in [0, 0.1) is 0 Å². The molecule has 1 saturated heterocycles. The van der Waals surface area contributed by atoms with Gasteiger partial charge in [-0.15, -0.1) is 0 Å². The molecule has 1 N–H and O–H groups in total. The highest BCUT2D eigenvalue weighted by atomic mass is 35.5. The molecule has 6 heteroatoms. The fourth-order valence-electron chi connectivity index (χ4n) is 3.07. The Bertz CT molecular complexity index is 875. The first-order valence-electron chi connectivity index (χ1n) is 7.83. The average Bonchev–Trinajstić information content (AvgIpc) is 3.22. The van der Waals surface area contributed by atoms with Crippen molar-refractivity contribution in [1.29, 1.82) is 0 Å². The highest BCUT2D eigenvalue weighted by Crippen LogP contribution is 2.30. The lowest BCUT2D eigenvalue weighted by Gasteiger charge is -2.20. The third-order valence-electron chi connectivity index (χ3n) is 4.28. The summed E-state index contributed by atoms with van der Waals surface area (Å²) in [5.41, 5.74) is 2.37. The van der Waals surface area contributed by atoms with Crippen molar-refractivity contribution in [2.75, 3.05) is 6.61 Å². The molecule has 1 aliphatic rings. The zero-order valence-corrected chi connectivity index (χ0v) is 13.6. The van der Waals surface area contributed by atoms with Gasteiger partial charge < -0.3 is 10.1 Å². The van der Waals surface area contributed by atoms with E-state index in [1.807, 2.05) is 48.7 Å². The number of nitrogens with zero attached hydrogens (tertiary/aromatic N) is 2. The average molecular weight is 342 g/mol. The number of hydrogen-bond acceptors (Lipinski definition) is 3. The van der Waals surface area contributed by atoms with Gasteiger partial charge in [0, 0.05) is 17.8 Å². The van der Waals surface area contributed by atoms with Crippen LogP contribution in [-0.4, -0.2) is 28.2 Å². The molecule has 1 amide bonds. The van der Waals surface area contributed by atoms with Crippen LogP contribution in [-0.2, 0) is 4.74 Å². The van der Waals surface area contributed by atoms with Crippen LogP contribution in [0.2, 0.25) is 5.02 Å². The van der Waals surface area contributed by atoms with Gasteiger partial charge in [0.05, 0.1) is 23.3 Å². The Morgan fingerprint density at radius 1 is 1.25 bits per heavy atom. The Balaban J connectivity index is 1.55. The van der Waals surface area contributed by atoms with E-state index in [2.05, 4.69) is 10.4 Å². The molecular formula is C18H16ClN3O2. The summed E-state index contributed by atoms with van der Waals surface area (Å²) in [6.45, 7) is 0.618. The predicted octanol–water partition coefficient (Wildman–Crippen LogP) is 3.25. The lowest BCUT2D eigenvalue weighted by molar-refractivity contribution is 0.0823. The van der Waals surface area contributed by atoms with Crippen molar-refractivity contribution in [3.8, 4) is 0 Å². The van der Waals surface area contributed by atoms with Gasteiger partial charge in [0.1, 0.15) is 6.10 Å². The molecule has 1 aliphatic heterocycles. The van der Waals surface area contributed by atoms with Crippen molar-refractivity contribution in [3.05, 3.63) is 71.0 Å². The number of aromatic nitrogens is 2. The van der Waals surface area contributed by atoms with Crippen LogP contribution < -0.4 is 5.32 Å². The van der Waals surface area contributed by atoms with Gasteiger partial charge in [0.15, 0.2) is 0 Å². The lowest BCUT2D eigenvalue weighted by atomic mass is 10.0. The highest BCUT2D eigenvalue weighted by molar-refractivity contribution is 6.30. The summed E-state index contributed by atoms with van der Waals surface area (Å²) in [6.07, 6.45) is 4.03. The van der Waals surface area contributed by atoms with E-state index in [0.29, 0.717) is 17.2 Å². The Morgan fingerprint density at radius 3 is 2.92 bits per heavy atom. The number of pyridine rings is 1. The van der Waals surface area contributed by atoms with Crippen molar-refractivity contribution < 1.29 is 9.53 Å². The van der Waals surface area contributed by atoms with E-state index >= 15 is 0 Å². The summed E-state index contributed by atoms with van der Waals surface area (Å²) in [7, 11) is 0. The van der Waals surface area contributed by atoms with Gasteiger partial charge >= 0.3 is 0 Å². The minimum absolute atomic E-state index is 0.0719. The van der Waals surface area contributed by atoms with Gasteiger partial charge in [0.2, 0.25) is 0 Å². The summed E-state index contributed by atoms with van der Waals surface area (Å²) in [6, 6.07) is 13.1. The molecule has 3 aromatic rings. The first-order valence-corrected chi connectivity index (χ1v) is 8.20. The molecule has 122 valence electrons. The topological polar surface area (TPSA) is 55.6 Å². The quantitative estimate of drug-likeness (QED) is 0.795. The predicted molar refractivity (Wildman–Crippen MR) is 91.2 cm³/mol. The smallest absolute Gasteiger partial charge is 0.255 e. The number of carbonyl (C=O) groups is 1. The number of nitrogens with one attached hydrogen (secondary N) is 1. The SMILES string of the molecule is O=C(N[C@H]1CCO[C@@H]1c1ccc(Cl)cc1)c1cnn2ccccc12. The molecule has 0 saturated carbocycles. The number of fused-ring (bicyclic) bond motifs is 1. The molecule has 5 nitrogen and oxygen atoms in total. The van der Waals surface area contributed by atoms with E-state index in [0.717, 1.165) is 17.5 Å². The Labute approximate surface area is 144 Å². The van der Waals surface area contributed by atoms with E-state index < -0.39 is 0 Å². The molecule has 1 fully saturated rings. The van der Waals surface area contributed by atoms with Crippen molar-refractivity contribution in [1.82, 2.24) is 14.9 Å². The molecule has 0 unspecified atom stereocenters. The number of carbonyl (C=O) groups excluding carboxylic acids is 1. The first-order chi connectivity index (χ1) is 11.7. The van der Waals surface area contributed by atoms with Gasteiger partial charge in [-0.2, -0.15) is 5.10 Å². The highest BCUT2D eigenvalue weighted by Gasteiger charge is 2.31. The van der Waals surface area contributed by atoms with E-state index in [-0.39, 0.29) is 18.1 Å². The number of hydrogen-bond donors (Lipinski definition) is 1. The monoisotopic (exact) mass is 341 g/mol. The molecule has 0 spiro atoms. The molecule has 3 heterocycles. The molecule has 4 rings (SSSR count). The summed E-state index contributed by atoms with van der Waals surface area (Å²) >= 11 is 5.94. The van der Waals surface area contributed by atoms with Crippen LogP contribution in [0.3, 0.4) is 0 Å². The summed E-state index contributed by atoms with van der Waals surface area (Å²) < 4.78 is 7.51. The third-order valence-corrected chi connectivity index (χ3v) is 4.53. The van der Waals surface area contributed by atoms with Crippen molar-refractivity contribution in [3.63, 3.8) is 0 Å². The Hall–Kier alpha value is -2.37. The fraction of sp³-hybridized carbons (Fsp3) is 0.222. The number of rotatable bonds is 3. The maximum atomic E-state index is 12.7. The maximum absolute atomic E-state index is 12.7. The molecule has 24 heavy (non-hydrogen) atoms. The number of benzene rings is 1. The minimum Gasteiger partial charge on any atom is -0.371 e. The zero-order chi connectivity index (χ0) is 16.5. The third kappa shape index (κ3) is 2.77. The van der Waals surface area contributed by atoms with Crippen LogP contribution >= 0.6 is 11.6 Å². The van der Waals surface area contributed by atoms with Crippen LogP contribution in [0.5, 0.6) is 0 Å². The fourth-order valence-corrected chi connectivity index (χ4v) is 3.20. The molecule has 2 atom stereocenters. The largest absolute Gasteiger partial charge is 0.371 e.